The van der Waals surface area contributed by atoms with E-state index in [4.69, 9.17) is 0 Å². The maximum Gasteiger partial charge on any atom is 0.252 e. The number of anilines is 1. The second-order valence-electron chi connectivity index (χ2n) is 7.36. The molecule has 136 valence electrons. The lowest BCUT2D eigenvalue weighted by Gasteiger charge is -2.35. The van der Waals surface area contributed by atoms with Crippen LogP contribution in [0.25, 0.3) is 10.9 Å². The molecule has 0 radical (unpaired) electrons. The van der Waals surface area contributed by atoms with Crippen LogP contribution >= 0.6 is 0 Å². The molecular weight excluding hydrogens is 328 g/mol. The molecule has 7 nitrogen and oxygen atoms in total. The van der Waals surface area contributed by atoms with Gasteiger partial charge < -0.3 is 9.88 Å². The summed E-state index contributed by atoms with van der Waals surface area (Å²) in [5.41, 5.74) is 1.26. The molecule has 7 heteroatoms. The van der Waals surface area contributed by atoms with E-state index >= 15 is 0 Å². The second kappa shape index (κ2) is 6.55. The first-order chi connectivity index (χ1) is 12.6. The van der Waals surface area contributed by atoms with Crippen molar-refractivity contribution in [3.05, 3.63) is 36.8 Å². The minimum absolute atomic E-state index is 0.0331. The molecule has 1 aliphatic rings. The van der Waals surface area contributed by atoms with Gasteiger partial charge >= 0.3 is 0 Å². The van der Waals surface area contributed by atoms with Crippen LogP contribution < -0.4 is 5.32 Å². The van der Waals surface area contributed by atoms with Gasteiger partial charge in [0.25, 0.3) is 5.91 Å². The van der Waals surface area contributed by atoms with Crippen molar-refractivity contribution in [2.45, 2.75) is 57.5 Å². The molecule has 1 aromatic carbocycles. The molecule has 1 fully saturated rings. The summed E-state index contributed by atoms with van der Waals surface area (Å²) >= 11 is 0. The summed E-state index contributed by atoms with van der Waals surface area (Å²) in [5.74, 6) is -0.0331. The number of nitrogens with zero attached hydrogens (tertiary/aromatic N) is 5. The molecule has 0 spiro atoms. The van der Waals surface area contributed by atoms with E-state index in [0.717, 1.165) is 48.7 Å². The normalized spacial score (nSPS) is 16.9. The highest BCUT2D eigenvalue weighted by molar-refractivity contribution is 6.04. The van der Waals surface area contributed by atoms with Crippen molar-refractivity contribution in [2.24, 2.45) is 0 Å². The molecule has 0 saturated heterocycles. The zero-order valence-electron chi connectivity index (χ0n) is 15.2. The van der Waals surface area contributed by atoms with Crippen molar-refractivity contribution in [2.75, 3.05) is 5.32 Å². The minimum Gasteiger partial charge on any atom is -0.345 e. The van der Waals surface area contributed by atoms with Gasteiger partial charge in [-0.2, -0.15) is 0 Å². The summed E-state index contributed by atoms with van der Waals surface area (Å²) in [7, 11) is 0. The molecule has 1 N–H and O–H groups in total. The quantitative estimate of drug-likeness (QED) is 0.779. The van der Waals surface area contributed by atoms with Crippen molar-refractivity contribution < 1.29 is 4.79 Å². The third kappa shape index (κ3) is 2.67. The highest BCUT2D eigenvalue weighted by Crippen LogP contribution is 2.36. The smallest absolute Gasteiger partial charge is 0.252 e. The fourth-order valence-corrected chi connectivity index (χ4v) is 4.04. The third-order valence-corrected chi connectivity index (χ3v) is 5.46. The van der Waals surface area contributed by atoms with E-state index in [1.807, 2.05) is 12.1 Å². The van der Waals surface area contributed by atoms with Crippen LogP contribution in [0.3, 0.4) is 0 Å². The number of tetrazole rings is 1. The zero-order valence-corrected chi connectivity index (χ0v) is 15.2. The van der Waals surface area contributed by atoms with Crippen molar-refractivity contribution in [1.82, 2.24) is 24.8 Å². The van der Waals surface area contributed by atoms with E-state index in [1.165, 1.54) is 0 Å². The molecule has 2 aromatic heterocycles. The standard InChI is InChI=1S/C19H24N6O/c1-14(2)24-12-9-15-16(7-6-8-17(15)24)21-18(26)19(10-4-3-5-11-19)25-13-20-22-23-25/h6-9,12-14H,3-5,10-11H2,1-2H3,(H,21,26). The summed E-state index contributed by atoms with van der Waals surface area (Å²) < 4.78 is 3.85. The fourth-order valence-electron chi connectivity index (χ4n) is 4.04. The van der Waals surface area contributed by atoms with Gasteiger partial charge in [-0.15, -0.1) is 5.10 Å². The maximum atomic E-state index is 13.3. The van der Waals surface area contributed by atoms with Gasteiger partial charge in [0.2, 0.25) is 0 Å². The van der Waals surface area contributed by atoms with Crippen LogP contribution in [0.5, 0.6) is 0 Å². The average molecular weight is 352 g/mol. The van der Waals surface area contributed by atoms with E-state index in [0.29, 0.717) is 6.04 Å². The maximum absolute atomic E-state index is 13.3. The topological polar surface area (TPSA) is 77.6 Å². The van der Waals surface area contributed by atoms with Gasteiger partial charge in [-0.3, -0.25) is 4.79 Å². The number of hydrogen-bond acceptors (Lipinski definition) is 4. The fraction of sp³-hybridized carbons (Fsp3) is 0.474. The van der Waals surface area contributed by atoms with E-state index < -0.39 is 5.54 Å². The lowest BCUT2D eigenvalue weighted by atomic mass is 9.81. The van der Waals surface area contributed by atoms with Gasteiger partial charge in [0.1, 0.15) is 11.9 Å². The van der Waals surface area contributed by atoms with Gasteiger partial charge in [-0.1, -0.05) is 25.3 Å². The lowest BCUT2D eigenvalue weighted by molar-refractivity contribution is -0.126. The highest BCUT2D eigenvalue weighted by Gasteiger charge is 2.42. The average Bonchev–Trinajstić information content (AvgIpc) is 3.32. The number of amides is 1. The summed E-state index contributed by atoms with van der Waals surface area (Å²) in [6.07, 6.45) is 8.29. The molecule has 1 amide bonds. The Kier molecular flexibility index (Phi) is 4.22. The van der Waals surface area contributed by atoms with E-state index in [9.17, 15) is 4.79 Å². The predicted molar refractivity (Wildman–Crippen MR) is 99.8 cm³/mol. The molecule has 0 atom stereocenters. The van der Waals surface area contributed by atoms with Crippen molar-refractivity contribution in [3.8, 4) is 0 Å². The van der Waals surface area contributed by atoms with Gasteiger partial charge in [0.15, 0.2) is 0 Å². The van der Waals surface area contributed by atoms with Crippen molar-refractivity contribution >= 4 is 22.5 Å². The number of rotatable bonds is 4. The molecule has 3 aromatic rings. The Hall–Kier alpha value is -2.70. The Morgan fingerprint density at radius 2 is 2.00 bits per heavy atom. The first-order valence-corrected chi connectivity index (χ1v) is 9.26. The second-order valence-corrected chi connectivity index (χ2v) is 7.36. The molecule has 0 aliphatic heterocycles. The summed E-state index contributed by atoms with van der Waals surface area (Å²) in [6, 6.07) is 8.46. The monoisotopic (exact) mass is 352 g/mol. The zero-order chi connectivity index (χ0) is 18.1. The molecule has 1 saturated carbocycles. The van der Waals surface area contributed by atoms with Crippen LogP contribution in [0.2, 0.25) is 0 Å². The first-order valence-electron chi connectivity index (χ1n) is 9.26. The Morgan fingerprint density at radius 3 is 2.69 bits per heavy atom. The summed E-state index contributed by atoms with van der Waals surface area (Å²) in [6.45, 7) is 4.30. The molecule has 1 aliphatic carbocycles. The van der Waals surface area contributed by atoms with Crippen molar-refractivity contribution in [1.29, 1.82) is 0 Å². The van der Waals surface area contributed by atoms with E-state index in [1.54, 1.807) is 11.0 Å². The first kappa shape index (κ1) is 16.8. The number of hydrogen-bond donors (Lipinski definition) is 1. The largest absolute Gasteiger partial charge is 0.345 e. The molecule has 2 heterocycles. The van der Waals surface area contributed by atoms with Crippen LogP contribution in [-0.2, 0) is 10.3 Å². The van der Waals surface area contributed by atoms with Gasteiger partial charge in [0, 0.05) is 17.6 Å². The van der Waals surface area contributed by atoms with Gasteiger partial charge in [-0.25, -0.2) is 4.68 Å². The molecule has 0 bridgehead atoms. The highest BCUT2D eigenvalue weighted by atomic mass is 16.2. The van der Waals surface area contributed by atoms with E-state index in [2.05, 4.69) is 57.6 Å². The number of nitrogens with one attached hydrogen (secondary N) is 1. The third-order valence-electron chi connectivity index (χ3n) is 5.46. The summed E-state index contributed by atoms with van der Waals surface area (Å²) in [5, 5.41) is 15.8. The Labute approximate surface area is 152 Å². The van der Waals surface area contributed by atoms with Crippen LogP contribution in [0.4, 0.5) is 5.69 Å². The van der Waals surface area contributed by atoms with E-state index in [-0.39, 0.29) is 5.91 Å². The van der Waals surface area contributed by atoms with Gasteiger partial charge in [0.05, 0.1) is 11.2 Å². The SMILES string of the molecule is CC(C)n1ccc2c(NC(=O)C3(n4cnnn4)CCCCC3)cccc21. The van der Waals surface area contributed by atoms with Crippen molar-refractivity contribution in [3.63, 3.8) is 0 Å². The van der Waals surface area contributed by atoms with Crippen LogP contribution in [0.15, 0.2) is 36.8 Å². The Balaban J connectivity index is 1.70. The van der Waals surface area contributed by atoms with Crippen LogP contribution in [-0.4, -0.2) is 30.7 Å². The number of carbonyl (C=O) groups is 1. The van der Waals surface area contributed by atoms with Crippen LogP contribution in [0, 0.1) is 0 Å². The number of fused-ring (bicyclic) bond motifs is 1. The Morgan fingerprint density at radius 1 is 1.19 bits per heavy atom. The number of carbonyl (C=O) groups excluding carboxylic acids is 1. The minimum atomic E-state index is -0.704. The lowest BCUT2D eigenvalue weighted by Crippen LogP contribution is -2.47. The van der Waals surface area contributed by atoms with Crippen LogP contribution in [0.1, 0.15) is 52.0 Å². The van der Waals surface area contributed by atoms with Gasteiger partial charge in [-0.05, 0) is 55.3 Å². The Bertz CT molecular complexity index is 905. The number of benzene rings is 1. The molecule has 4 rings (SSSR count). The predicted octanol–water partition coefficient (Wildman–Crippen LogP) is 3.51. The molecular formula is C19H24N6O. The number of aromatic nitrogens is 5. The summed E-state index contributed by atoms with van der Waals surface area (Å²) in [4.78, 5) is 13.3. The molecule has 0 unspecified atom stereocenters. The molecule has 26 heavy (non-hydrogen) atoms.